The Bertz CT molecular complexity index is 427. The molecular weight excluding hydrogens is 322 g/mol. The summed E-state index contributed by atoms with van der Waals surface area (Å²) in [5.74, 6) is 0.174. The van der Waals surface area contributed by atoms with E-state index in [4.69, 9.17) is 9.84 Å². The summed E-state index contributed by atoms with van der Waals surface area (Å²) >= 11 is 3.39. The van der Waals surface area contributed by atoms with Crippen molar-refractivity contribution in [3.63, 3.8) is 0 Å². The molecule has 0 aromatic heterocycles. The molecule has 5 heteroatoms. The fourth-order valence-electron chi connectivity index (χ4n) is 2.38. The van der Waals surface area contributed by atoms with Gasteiger partial charge in [-0.05, 0) is 30.5 Å². The molecule has 0 atom stereocenters. The summed E-state index contributed by atoms with van der Waals surface area (Å²) in [6.45, 7) is 1.93. The molecule has 0 unspecified atom stereocenters. The maximum absolute atomic E-state index is 12.2. The summed E-state index contributed by atoms with van der Waals surface area (Å²) in [6, 6.07) is 7.85. The van der Waals surface area contributed by atoms with Crippen molar-refractivity contribution >= 4 is 21.8 Å². The summed E-state index contributed by atoms with van der Waals surface area (Å²) in [4.78, 5) is 14.1. The summed E-state index contributed by atoms with van der Waals surface area (Å²) in [5.41, 5.74) is 1.04. The lowest BCUT2D eigenvalue weighted by atomic mass is 10.1. The van der Waals surface area contributed by atoms with Crippen LogP contribution in [0.5, 0.6) is 0 Å². The molecule has 1 saturated heterocycles. The zero-order valence-corrected chi connectivity index (χ0v) is 13.0. The number of benzene rings is 1. The Kier molecular flexibility index (Phi) is 6.01. The molecule has 1 fully saturated rings. The second kappa shape index (κ2) is 7.76. The van der Waals surface area contributed by atoms with Gasteiger partial charge in [-0.2, -0.15) is 0 Å². The zero-order valence-electron chi connectivity index (χ0n) is 11.4. The van der Waals surface area contributed by atoms with Crippen LogP contribution in [0.1, 0.15) is 18.4 Å². The molecule has 1 aromatic rings. The monoisotopic (exact) mass is 341 g/mol. The van der Waals surface area contributed by atoms with Crippen LogP contribution in [0, 0.1) is 0 Å². The van der Waals surface area contributed by atoms with E-state index < -0.39 is 0 Å². The molecule has 110 valence electrons. The van der Waals surface area contributed by atoms with Gasteiger partial charge in [-0.1, -0.05) is 28.1 Å². The Morgan fingerprint density at radius 1 is 1.30 bits per heavy atom. The normalized spacial score (nSPS) is 16.4. The molecule has 1 aromatic carbocycles. The average molecular weight is 342 g/mol. The number of piperidine rings is 1. The van der Waals surface area contributed by atoms with Crippen molar-refractivity contribution in [2.45, 2.75) is 25.4 Å². The van der Waals surface area contributed by atoms with Crippen LogP contribution in [0.25, 0.3) is 0 Å². The van der Waals surface area contributed by atoms with Crippen LogP contribution in [0.2, 0.25) is 0 Å². The summed E-state index contributed by atoms with van der Waals surface area (Å²) < 4.78 is 6.52. The number of halogens is 1. The third kappa shape index (κ3) is 4.58. The Labute approximate surface area is 127 Å². The van der Waals surface area contributed by atoms with Crippen LogP contribution in [-0.4, -0.2) is 48.3 Å². The van der Waals surface area contributed by atoms with Crippen LogP contribution >= 0.6 is 15.9 Å². The molecular formula is C15H20BrNO3. The molecule has 0 aliphatic carbocycles. The highest BCUT2D eigenvalue weighted by molar-refractivity contribution is 9.10. The number of ether oxygens (including phenoxy) is 1. The third-order valence-corrected chi connectivity index (χ3v) is 4.04. The Balaban J connectivity index is 1.78. The SMILES string of the molecule is O=C(Cc1ccc(Br)cc1)N1CCC(OCCO)CC1. The standard InChI is InChI=1S/C15H20BrNO3/c16-13-3-1-12(2-4-13)11-15(19)17-7-5-14(6-8-17)20-10-9-18/h1-4,14,18H,5-11H2. The van der Waals surface area contributed by atoms with Gasteiger partial charge < -0.3 is 14.7 Å². The second-order valence-corrected chi connectivity index (χ2v) is 5.89. The summed E-state index contributed by atoms with van der Waals surface area (Å²) in [5, 5.41) is 8.73. The van der Waals surface area contributed by atoms with Gasteiger partial charge in [-0.25, -0.2) is 0 Å². The van der Waals surface area contributed by atoms with E-state index in [1.54, 1.807) is 0 Å². The maximum Gasteiger partial charge on any atom is 0.226 e. The molecule has 1 N–H and O–H groups in total. The largest absolute Gasteiger partial charge is 0.394 e. The molecule has 2 rings (SSSR count). The number of aliphatic hydroxyl groups excluding tert-OH is 1. The average Bonchev–Trinajstić information content (AvgIpc) is 2.48. The number of carbonyl (C=O) groups is 1. The predicted octanol–water partition coefficient (Wildman–Crippen LogP) is 1.99. The minimum Gasteiger partial charge on any atom is -0.394 e. The number of carbonyl (C=O) groups excluding carboxylic acids is 1. The Hall–Kier alpha value is -0.910. The van der Waals surface area contributed by atoms with Crippen LogP contribution in [0.15, 0.2) is 28.7 Å². The van der Waals surface area contributed by atoms with Crippen molar-refractivity contribution in [1.29, 1.82) is 0 Å². The maximum atomic E-state index is 12.2. The summed E-state index contributed by atoms with van der Waals surface area (Å²) in [6.07, 6.45) is 2.34. The van der Waals surface area contributed by atoms with E-state index in [0.717, 1.165) is 36.0 Å². The molecule has 0 saturated carbocycles. The van der Waals surface area contributed by atoms with E-state index in [-0.39, 0.29) is 18.6 Å². The van der Waals surface area contributed by atoms with Gasteiger partial charge in [0.2, 0.25) is 5.91 Å². The van der Waals surface area contributed by atoms with Gasteiger partial charge in [0.05, 0.1) is 25.7 Å². The molecule has 0 radical (unpaired) electrons. The van der Waals surface area contributed by atoms with E-state index in [1.807, 2.05) is 29.2 Å². The Morgan fingerprint density at radius 3 is 2.55 bits per heavy atom. The number of aliphatic hydroxyl groups is 1. The molecule has 1 aliphatic heterocycles. The highest BCUT2D eigenvalue weighted by Crippen LogP contribution is 2.16. The van der Waals surface area contributed by atoms with E-state index in [0.29, 0.717) is 13.0 Å². The molecule has 20 heavy (non-hydrogen) atoms. The lowest BCUT2D eigenvalue weighted by molar-refractivity contribution is -0.133. The first kappa shape index (κ1) is 15.5. The second-order valence-electron chi connectivity index (χ2n) is 4.98. The van der Waals surface area contributed by atoms with Crippen molar-refractivity contribution in [3.05, 3.63) is 34.3 Å². The Morgan fingerprint density at radius 2 is 1.95 bits per heavy atom. The lowest BCUT2D eigenvalue weighted by Crippen LogP contribution is -2.41. The van der Waals surface area contributed by atoms with Crippen LogP contribution in [-0.2, 0) is 16.0 Å². The van der Waals surface area contributed by atoms with Crippen molar-refractivity contribution in [3.8, 4) is 0 Å². The molecule has 0 bridgehead atoms. The number of likely N-dealkylation sites (tertiary alicyclic amines) is 1. The molecule has 4 nitrogen and oxygen atoms in total. The van der Waals surface area contributed by atoms with Crippen LogP contribution in [0.3, 0.4) is 0 Å². The van der Waals surface area contributed by atoms with Crippen molar-refractivity contribution in [2.75, 3.05) is 26.3 Å². The zero-order chi connectivity index (χ0) is 14.4. The smallest absolute Gasteiger partial charge is 0.226 e. The highest BCUT2D eigenvalue weighted by Gasteiger charge is 2.22. The third-order valence-electron chi connectivity index (χ3n) is 3.51. The van der Waals surface area contributed by atoms with Crippen molar-refractivity contribution in [1.82, 2.24) is 4.90 Å². The number of hydrogen-bond donors (Lipinski definition) is 1. The first-order valence-electron chi connectivity index (χ1n) is 6.93. The fourth-order valence-corrected chi connectivity index (χ4v) is 2.64. The molecule has 0 spiro atoms. The van der Waals surface area contributed by atoms with E-state index in [2.05, 4.69) is 15.9 Å². The van der Waals surface area contributed by atoms with Crippen molar-refractivity contribution < 1.29 is 14.6 Å². The van der Waals surface area contributed by atoms with Gasteiger partial charge in [0.15, 0.2) is 0 Å². The number of hydrogen-bond acceptors (Lipinski definition) is 3. The first-order chi connectivity index (χ1) is 9.69. The number of nitrogens with zero attached hydrogens (tertiary/aromatic N) is 1. The van der Waals surface area contributed by atoms with Crippen LogP contribution < -0.4 is 0 Å². The van der Waals surface area contributed by atoms with Gasteiger partial charge in [-0.3, -0.25) is 4.79 Å². The minimum absolute atomic E-state index is 0.0582. The topological polar surface area (TPSA) is 49.8 Å². The predicted molar refractivity (Wildman–Crippen MR) is 80.5 cm³/mol. The highest BCUT2D eigenvalue weighted by atomic mass is 79.9. The first-order valence-corrected chi connectivity index (χ1v) is 7.73. The van der Waals surface area contributed by atoms with Gasteiger partial charge in [0, 0.05) is 17.6 Å². The quantitative estimate of drug-likeness (QED) is 0.890. The van der Waals surface area contributed by atoms with Gasteiger partial charge in [-0.15, -0.1) is 0 Å². The fraction of sp³-hybridized carbons (Fsp3) is 0.533. The minimum atomic E-state index is 0.0582. The van der Waals surface area contributed by atoms with Crippen molar-refractivity contribution in [2.24, 2.45) is 0 Å². The molecule has 1 aliphatic rings. The van der Waals surface area contributed by atoms with E-state index >= 15 is 0 Å². The number of rotatable bonds is 5. The van der Waals surface area contributed by atoms with Gasteiger partial charge >= 0.3 is 0 Å². The van der Waals surface area contributed by atoms with Gasteiger partial charge in [0.25, 0.3) is 0 Å². The number of amides is 1. The van der Waals surface area contributed by atoms with E-state index in [9.17, 15) is 4.79 Å². The van der Waals surface area contributed by atoms with Crippen LogP contribution in [0.4, 0.5) is 0 Å². The van der Waals surface area contributed by atoms with Gasteiger partial charge in [0.1, 0.15) is 0 Å². The van der Waals surface area contributed by atoms with E-state index in [1.165, 1.54) is 0 Å². The lowest BCUT2D eigenvalue weighted by Gasteiger charge is -2.32. The summed E-state index contributed by atoms with van der Waals surface area (Å²) in [7, 11) is 0. The molecule has 1 amide bonds. The molecule has 1 heterocycles.